The van der Waals surface area contributed by atoms with Crippen LogP contribution in [0.3, 0.4) is 0 Å². The van der Waals surface area contributed by atoms with Crippen molar-refractivity contribution in [2.24, 2.45) is 16.3 Å². The lowest BCUT2D eigenvalue weighted by molar-refractivity contribution is -0.125. The van der Waals surface area contributed by atoms with Crippen molar-refractivity contribution in [2.45, 2.75) is 57.3 Å². The second kappa shape index (κ2) is 9.60. The molecule has 27 heavy (non-hydrogen) atoms. The number of aliphatic imine (C=N–C) groups is 1. The molecule has 0 bridgehead atoms. The molecule has 3 fully saturated rings. The smallest absolute Gasteiger partial charge is 0.191 e. The molecule has 2 saturated carbocycles. The number of hydrogen-bond acceptors (Lipinski definition) is 4. The molecule has 2 N–H and O–H groups in total. The maximum absolute atomic E-state index is 6.07. The highest BCUT2D eigenvalue weighted by atomic mass is 127. The molecule has 4 rings (SSSR count). The van der Waals surface area contributed by atoms with Crippen LogP contribution in [-0.2, 0) is 16.1 Å². The predicted molar refractivity (Wildman–Crippen MR) is 115 cm³/mol. The molecule has 3 atom stereocenters. The van der Waals surface area contributed by atoms with Crippen LogP contribution in [-0.4, -0.2) is 44.9 Å². The fourth-order valence-electron chi connectivity index (χ4n) is 5.19. The van der Waals surface area contributed by atoms with Crippen LogP contribution in [0.2, 0.25) is 0 Å². The number of furan rings is 1. The number of fused-ring (bicyclic) bond motifs is 2. The minimum atomic E-state index is 0. The monoisotopic (exact) mass is 489 g/mol. The van der Waals surface area contributed by atoms with Gasteiger partial charge in [-0.15, -0.1) is 24.0 Å². The van der Waals surface area contributed by atoms with Gasteiger partial charge in [-0.25, -0.2) is 0 Å². The Hall–Kier alpha value is -0.800. The van der Waals surface area contributed by atoms with E-state index in [1.54, 1.807) is 6.26 Å². The number of ether oxygens (including phenoxy) is 2. The van der Waals surface area contributed by atoms with Gasteiger partial charge in [0.15, 0.2) is 5.96 Å². The van der Waals surface area contributed by atoms with Gasteiger partial charge in [0.1, 0.15) is 12.4 Å². The minimum Gasteiger partial charge on any atom is -0.467 e. The van der Waals surface area contributed by atoms with E-state index in [1.165, 1.54) is 32.1 Å². The Morgan fingerprint density at radius 3 is 2.96 bits per heavy atom. The van der Waals surface area contributed by atoms with Crippen LogP contribution in [0, 0.1) is 11.3 Å². The molecule has 1 aromatic rings. The lowest BCUT2D eigenvalue weighted by atomic mass is 9.54. The van der Waals surface area contributed by atoms with E-state index < -0.39 is 0 Å². The van der Waals surface area contributed by atoms with Gasteiger partial charge in [-0.2, -0.15) is 0 Å². The van der Waals surface area contributed by atoms with Crippen molar-refractivity contribution in [2.75, 3.05) is 26.8 Å². The summed E-state index contributed by atoms with van der Waals surface area (Å²) in [6.07, 6.45) is 9.54. The van der Waals surface area contributed by atoms with Gasteiger partial charge in [-0.05, 0) is 37.8 Å². The first-order valence-corrected chi connectivity index (χ1v) is 10.0. The van der Waals surface area contributed by atoms with Gasteiger partial charge in [-0.1, -0.05) is 12.8 Å². The number of rotatable bonds is 7. The van der Waals surface area contributed by atoms with Crippen LogP contribution in [0.15, 0.2) is 27.8 Å². The first-order chi connectivity index (χ1) is 12.8. The predicted octanol–water partition coefficient (Wildman–Crippen LogP) is 3.32. The highest BCUT2D eigenvalue weighted by Crippen LogP contribution is 2.60. The van der Waals surface area contributed by atoms with Crippen molar-refractivity contribution in [3.63, 3.8) is 0 Å². The maximum atomic E-state index is 6.07. The molecule has 1 aliphatic heterocycles. The number of nitrogens with one attached hydrogen (secondary N) is 2. The van der Waals surface area contributed by atoms with Crippen molar-refractivity contribution in [3.8, 4) is 0 Å². The summed E-state index contributed by atoms with van der Waals surface area (Å²) in [7, 11) is 1.85. The van der Waals surface area contributed by atoms with Gasteiger partial charge in [-0.3, -0.25) is 4.99 Å². The normalized spacial score (nSPS) is 28.5. The summed E-state index contributed by atoms with van der Waals surface area (Å²) in [4.78, 5) is 4.43. The Labute approximate surface area is 178 Å². The molecule has 3 aliphatic rings. The highest BCUT2D eigenvalue weighted by molar-refractivity contribution is 14.0. The molecule has 1 saturated heterocycles. The first-order valence-electron chi connectivity index (χ1n) is 10.0. The lowest BCUT2D eigenvalue weighted by Crippen LogP contribution is -2.69. The molecule has 1 spiro atoms. The van der Waals surface area contributed by atoms with Crippen LogP contribution in [0.4, 0.5) is 0 Å². The van der Waals surface area contributed by atoms with E-state index in [2.05, 4.69) is 15.6 Å². The number of hydrogen-bond donors (Lipinski definition) is 2. The van der Waals surface area contributed by atoms with E-state index in [9.17, 15) is 0 Å². The van der Waals surface area contributed by atoms with Crippen molar-refractivity contribution < 1.29 is 13.9 Å². The van der Waals surface area contributed by atoms with Gasteiger partial charge < -0.3 is 24.5 Å². The van der Waals surface area contributed by atoms with Crippen LogP contribution >= 0.6 is 24.0 Å². The van der Waals surface area contributed by atoms with Gasteiger partial charge in [0.2, 0.25) is 0 Å². The summed E-state index contributed by atoms with van der Waals surface area (Å²) in [5.74, 6) is 2.44. The molecule has 6 nitrogen and oxygen atoms in total. The van der Waals surface area contributed by atoms with Crippen LogP contribution in [0.25, 0.3) is 0 Å². The largest absolute Gasteiger partial charge is 0.467 e. The molecule has 152 valence electrons. The Kier molecular flexibility index (Phi) is 7.44. The Morgan fingerprint density at radius 2 is 2.22 bits per heavy atom. The standard InChI is InChI=1S/C20H31N3O3.HI/c1-21-19(22-10-5-11-24-14-15-6-4-12-25-15)23-17-16-7-13-26-18(16)20(17)8-2-3-9-20;/h4,6,12,16-18H,2-3,5,7-11,13-14H2,1H3,(H2,21,22,23);1H. The number of nitrogens with zero attached hydrogens (tertiary/aromatic N) is 1. The van der Waals surface area contributed by atoms with Gasteiger partial charge in [0.05, 0.1) is 12.4 Å². The van der Waals surface area contributed by atoms with Crippen molar-refractivity contribution in [1.29, 1.82) is 0 Å². The van der Waals surface area contributed by atoms with Gasteiger partial charge >= 0.3 is 0 Å². The van der Waals surface area contributed by atoms with E-state index in [1.807, 2.05) is 19.2 Å². The number of guanidine groups is 1. The molecule has 2 heterocycles. The lowest BCUT2D eigenvalue weighted by Gasteiger charge is -2.57. The van der Waals surface area contributed by atoms with Crippen molar-refractivity contribution >= 4 is 29.9 Å². The Bertz CT molecular complexity index is 602. The molecule has 3 unspecified atom stereocenters. The van der Waals surface area contributed by atoms with Crippen LogP contribution in [0.1, 0.15) is 44.3 Å². The molecule has 1 aromatic heterocycles. The SMILES string of the molecule is CN=C(NCCCOCc1ccco1)NC1C2CCOC2C12CCCC2.I. The quantitative estimate of drug-likeness (QED) is 0.266. The first kappa shape index (κ1) is 20.9. The van der Waals surface area contributed by atoms with E-state index in [-0.39, 0.29) is 24.0 Å². The molecule has 0 radical (unpaired) electrons. The molecule has 0 amide bonds. The van der Waals surface area contributed by atoms with Gasteiger partial charge in [0, 0.05) is 44.2 Å². The summed E-state index contributed by atoms with van der Waals surface area (Å²) < 4.78 is 17.0. The van der Waals surface area contributed by atoms with E-state index in [0.29, 0.717) is 36.7 Å². The zero-order valence-corrected chi connectivity index (χ0v) is 18.4. The molecular formula is C20H32IN3O3. The Balaban J connectivity index is 0.00000210. The Morgan fingerprint density at radius 1 is 1.37 bits per heavy atom. The summed E-state index contributed by atoms with van der Waals surface area (Å²) in [5.41, 5.74) is 0.352. The summed E-state index contributed by atoms with van der Waals surface area (Å²) in [6.45, 7) is 3.01. The average molecular weight is 489 g/mol. The fraction of sp³-hybridized carbons (Fsp3) is 0.750. The molecule has 0 aromatic carbocycles. The topological polar surface area (TPSA) is 68.0 Å². The third-order valence-corrected chi connectivity index (χ3v) is 6.38. The minimum absolute atomic E-state index is 0. The molecular weight excluding hydrogens is 457 g/mol. The third-order valence-electron chi connectivity index (χ3n) is 6.38. The zero-order valence-electron chi connectivity index (χ0n) is 16.1. The van der Waals surface area contributed by atoms with Crippen LogP contribution in [0.5, 0.6) is 0 Å². The van der Waals surface area contributed by atoms with Crippen LogP contribution < -0.4 is 10.6 Å². The average Bonchev–Trinajstić information content (AvgIpc) is 3.40. The van der Waals surface area contributed by atoms with Gasteiger partial charge in [0.25, 0.3) is 0 Å². The summed E-state index contributed by atoms with van der Waals surface area (Å²) >= 11 is 0. The van der Waals surface area contributed by atoms with Crippen molar-refractivity contribution in [3.05, 3.63) is 24.2 Å². The maximum Gasteiger partial charge on any atom is 0.191 e. The summed E-state index contributed by atoms with van der Waals surface area (Å²) in [5, 5.41) is 7.17. The second-order valence-electron chi connectivity index (χ2n) is 7.79. The third kappa shape index (κ3) is 4.29. The highest BCUT2D eigenvalue weighted by Gasteiger charge is 2.65. The zero-order chi connectivity index (χ0) is 17.8. The molecule has 2 aliphatic carbocycles. The van der Waals surface area contributed by atoms with E-state index >= 15 is 0 Å². The van der Waals surface area contributed by atoms with E-state index in [4.69, 9.17) is 13.9 Å². The molecule has 7 heteroatoms. The number of halogens is 1. The summed E-state index contributed by atoms with van der Waals surface area (Å²) in [6, 6.07) is 4.33. The second-order valence-corrected chi connectivity index (χ2v) is 7.79. The van der Waals surface area contributed by atoms with Crippen molar-refractivity contribution in [1.82, 2.24) is 10.6 Å². The van der Waals surface area contributed by atoms with E-state index in [0.717, 1.165) is 31.3 Å². The fourth-order valence-corrected chi connectivity index (χ4v) is 5.19.